The molecule has 0 heterocycles. The van der Waals surface area contributed by atoms with E-state index in [1.165, 1.54) is 0 Å². The van der Waals surface area contributed by atoms with Gasteiger partial charge in [-0.3, -0.25) is 0 Å². The molecule has 0 rings (SSSR count). The lowest BCUT2D eigenvalue weighted by Crippen LogP contribution is -2.20. The van der Waals surface area contributed by atoms with Crippen molar-refractivity contribution in [2.45, 2.75) is 12.6 Å². The van der Waals surface area contributed by atoms with Crippen molar-refractivity contribution in [2.24, 2.45) is 5.92 Å². The van der Waals surface area contributed by atoms with E-state index in [2.05, 4.69) is 6.58 Å². The van der Waals surface area contributed by atoms with Gasteiger partial charge in [0.05, 0.1) is 6.07 Å². The van der Waals surface area contributed by atoms with Crippen LogP contribution in [0.3, 0.4) is 0 Å². The highest BCUT2D eigenvalue weighted by Crippen LogP contribution is 2.27. The van der Waals surface area contributed by atoms with Gasteiger partial charge >= 0.3 is 6.18 Å². The molecule has 0 aliphatic carbocycles. The number of hydrogen-bond donors (Lipinski definition) is 0. The van der Waals surface area contributed by atoms with E-state index in [0.717, 1.165) is 12.1 Å². The molecule has 0 aromatic carbocycles. The maximum atomic E-state index is 11.6. The van der Waals surface area contributed by atoms with Crippen LogP contribution in [0.2, 0.25) is 0 Å². The Balaban J connectivity index is 4.10. The van der Waals surface area contributed by atoms with Crippen LogP contribution < -0.4 is 0 Å². The maximum absolute atomic E-state index is 11.6. The standard InChI is InChI=1S/C6H6F3N/c1-2-3-5(4-10)6(7,8)9/h2,5H,1,3H2. The zero-order valence-electron chi connectivity index (χ0n) is 5.15. The molecule has 10 heavy (non-hydrogen) atoms. The lowest BCUT2D eigenvalue weighted by atomic mass is 10.1. The molecule has 0 spiro atoms. The van der Waals surface area contributed by atoms with Gasteiger partial charge in [-0.05, 0) is 6.42 Å². The summed E-state index contributed by atoms with van der Waals surface area (Å²) in [5.74, 6) is -1.90. The van der Waals surface area contributed by atoms with Crippen molar-refractivity contribution in [3.63, 3.8) is 0 Å². The van der Waals surface area contributed by atoms with E-state index in [0.29, 0.717) is 0 Å². The molecule has 0 aromatic heterocycles. The van der Waals surface area contributed by atoms with Crippen molar-refractivity contribution >= 4 is 0 Å². The van der Waals surface area contributed by atoms with Crippen LogP contribution in [-0.4, -0.2) is 6.18 Å². The van der Waals surface area contributed by atoms with Crippen LogP contribution in [-0.2, 0) is 0 Å². The Morgan fingerprint density at radius 1 is 1.60 bits per heavy atom. The summed E-state index contributed by atoms with van der Waals surface area (Å²) in [5, 5.41) is 7.97. The summed E-state index contributed by atoms with van der Waals surface area (Å²) in [5.41, 5.74) is 0. The third-order valence-electron chi connectivity index (χ3n) is 0.953. The van der Waals surface area contributed by atoms with Crippen molar-refractivity contribution in [1.82, 2.24) is 0 Å². The number of alkyl halides is 3. The van der Waals surface area contributed by atoms with Crippen molar-refractivity contribution in [3.8, 4) is 6.07 Å². The second kappa shape index (κ2) is 3.25. The molecule has 0 bridgehead atoms. The molecule has 1 unspecified atom stereocenters. The Labute approximate surface area is 56.8 Å². The SMILES string of the molecule is C=CCC(C#N)C(F)(F)F. The van der Waals surface area contributed by atoms with E-state index >= 15 is 0 Å². The van der Waals surface area contributed by atoms with Gasteiger partial charge in [-0.25, -0.2) is 0 Å². The maximum Gasteiger partial charge on any atom is 0.404 e. The fourth-order valence-electron chi connectivity index (χ4n) is 0.426. The van der Waals surface area contributed by atoms with Crippen LogP contribution >= 0.6 is 0 Å². The molecule has 0 N–H and O–H groups in total. The molecule has 0 saturated heterocycles. The Hall–Kier alpha value is -0.980. The number of halogens is 3. The van der Waals surface area contributed by atoms with E-state index in [1.54, 1.807) is 0 Å². The summed E-state index contributed by atoms with van der Waals surface area (Å²) < 4.78 is 34.9. The highest BCUT2D eigenvalue weighted by Gasteiger charge is 2.38. The minimum Gasteiger partial charge on any atom is -0.198 e. The fraction of sp³-hybridized carbons (Fsp3) is 0.500. The predicted octanol–water partition coefficient (Wildman–Crippen LogP) is 2.26. The van der Waals surface area contributed by atoms with Crippen LogP contribution in [0.4, 0.5) is 13.2 Å². The molecule has 56 valence electrons. The van der Waals surface area contributed by atoms with Crippen molar-refractivity contribution in [1.29, 1.82) is 5.26 Å². The van der Waals surface area contributed by atoms with Gasteiger partial charge in [-0.15, -0.1) is 6.58 Å². The van der Waals surface area contributed by atoms with E-state index < -0.39 is 12.1 Å². The van der Waals surface area contributed by atoms with Gasteiger partial charge in [0.15, 0.2) is 0 Å². The number of nitrogens with zero attached hydrogens (tertiary/aromatic N) is 1. The van der Waals surface area contributed by atoms with Gasteiger partial charge in [-0.2, -0.15) is 18.4 Å². The minimum atomic E-state index is -4.41. The molecular weight excluding hydrogens is 143 g/mol. The first-order chi connectivity index (χ1) is 4.52. The molecule has 0 fully saturated rings. The average molecular weight is 149 g/mol. The number of nitriles is 1. The third-order valence-corrected chi connectivity index (χ3v) is 0.953. The van der Waals surface area contributed by atoms with Gasteiger partial charge in [0.1, 0.15) is 5.92 Å². The first-order valence-electron chi connectivity index (χ1n) is 2.59. The summed E-state index contributed by atoms with van der Waals surface area (Å²) in [6.07, 6.45) is -3.66. The monoisotopic (exact) mass is 149 g/mol. The van der Waals surface area contributed by atoms with E-state index in [4.69, 9.17) is 5.26 Å². The van der Waals surface area contributed by atoms with Gasteiger partial charge in [0.2, 0.25) is 0 Å². The van der Waals surface area contributed by atoms with E-state index in [9.17, 15) is 13.2 Å². The Bertz CT molecular complexity index is 153. The second-order valence-electron chi connectivity index (χ2n) is 1.75. The van der Waals surface area contributed by atoms with Gasteiger partial charge in [-0.1, -0.05) is 6.08 Å². The summed E-state index contributed by atoms with van der Waals surface area (Å²) in [6.45, 7) is 3.11. The molecular formula is C6H6F3N. The van der Waals surface area contributed by atoms with Crippen LogP contribution in [0, 0.1) is 17.2 Å². The van der Waals surface area contributed by atoms with Crippen molar-refractivity contribution in [3.05, 3.63) is 12.7 Å². The van der Waals surface area contributed by atoms with E-state index in [1.807, 2.05) is 0 Å². The lowest BCUT2D eigenvalue weighted by molar-refractivity contribution is -0.157. The Morgan fingerprint density at radius 2 is 2.10 bits per heavy atom. The van der Waals surface area contributed by atoms with Crippen molar-refractivity contribution in [2.75, 3.05) is 0 Å². The molecule has 4 heteroatoms. The van der Waals surface area contributed by atoms with Gasteiger partial charge in [0, 0.05) is 0 Å². The smallest absolute Gasteiger partial charge is 0.198 e. The molecule has 0 radical (unpaired) electrons. The highest BCUT2D eigenvalue weighted by atomic mass is 19.4. The predicted molar refractivity (Wildman–Crippen MR) is 30.0 cm³/mol. The van der Waals surface area contributed by atoms with Gasteiger partial charge in [0.25, 0.3) is 0 Å². The first kappa shape index (κ1) is 9.02. The molecule has 1 nitrogen and oxygen atoms in total. The van der Waals surface area contributed by atoms with Crippen LogP contribution in [0.1, 0.15) is 6.42 Å². The molecule has 0 amide bonds. The van der Waals surface area contributed by atoms with E-state index in [-0.39, 0.29) is 6.42 Å². The lowest BCUT2D eigenvalue weighted by Gasteiger charge is -2.09. The molecule has 0 aromatic rings. The average Bonchev–Trinajstić information content (AvgIpc) is 1.80. The Kier molecular flexibility index (Phi) is 2.94. The Morgan fingerprint density at radius 3 is 2.20 bits per heavy atom. The number of allylic oxidation sites excluding steroid dienone is 1. The summed E-state index contributed by atoms with van der Waals surface area (Å²) in [6, 6.07) is 1.15. The van der Waals surface area contributed by atoms with Crippen LogP contribution in [0.25, 0.3) is 0 Å². The quantitative estimate of drug-likeness (QED) is 0.552. The molecule has 0 aliphatic rings. The van der Waals surface area contributed by atoms with Crippen LogP contribution in [0.5, 0.6) is 0 Å². The summed E-state index contributed by atoms with van der Waals surface area (Å²) in [4.78, 5) is 0. The minimum absolute atomic E-state index is 0.333. The first-order valence-corrected chi connectivity index (χ1v) is 2.59. The second-order valence-corrected chi connectivity index (χ2v) is 1.75. The van der Waals surface area contributed by atoms with Gasteiger partial charge < -0.3 is 0 Å². The van der Waals surface area contributed by atoms with Crippen LogP contribution in [0.15, 0.2) is 12.7 Å². The molecule has 0 saturated carbocycles. The third kappa shape index (κ3) is 2.53. The fourth-order valence-corrected chi connectivity index (χ4v) is 0.426. The zero-order valence-corrected chi connectivity index (χ0v) is 5.15. The molecule has 0 aliphatic heterocycles. The number of hydrogen-bond acceptors (Lipinski definition) is 1. The van der Waals surface area contributed by atoms with Crippen molar-refractivity contribution < 1.29 is 13.2 Å². The highest BCUT2D eigenvalue weighted by molar-refractivity contribution is 4.92. The summed E-state index contributed by atoms with van der Waals surface area (Å²) >= 11 is 0. The zero-order chi connectivity index (χ0) is 8.20. The normalized spacial score (nSPS) is 13.8. The summed E-state index contributed by atoms with van der Waals surface area (Å²) in [7, 11) is 0. The number of rotatable bonds is 2. The topological polar surface area (TPSA) is 23.8 Å². The largest absolute Gasteiger partial charge is 0.404 e. The molecule has 1 atom stereocenters.